The van der Waals surface area contributed by atoms with E-state index in [4.69, 9.17) is 9.47 Å². The first kappa shape index (κ1) is 29.1. The van der Waals surface area contributed by atoms with Crippen molar-refractivity contribution in [1.29, 1.82) is 0 Å². The summed E-state index contributed by atoms with van der Waals surface area (Å²) in [7, 11) is 4.85. The van der Waals surface area contributed by atoms with E-state index in [2.05, 4.69) is 5.32 Å². The van der Waals surface area contributed by atoms with Crippen LogP contribution in [0.4, 0.5) is 9.18 Å². The van der Waals surface area contributed by atoms with Crippen LogP contribution in [0, 0.1) is 5.82 Å². The molecule has 0 saturated carbocycles. The Balaban J connectivity index is 1.55. The molecule has 0 radical (unpaired) electrons. The lowest BCUT2D eigenvalue weighted by atomic mass is 10.0. The maximum Gasteiger partial charge on any atom is 0.334 e. The number of halogens is 1. The second-order valence-corrected chi connectivity index (χ2v) is 10.1. The third kappa shape index (κ3) is 6.30. The van der Waals surface area contributed by atoms with Gasteiger partial charge in [0.25, 0.3) is 0 Å². The molecule has 10 nitrogen and oxygen atoms in total. The number of nitrogens with one attached hydrogen (secondary N) is 1. The van der Waals surface area contributed by atoms with Crippen molar-refractivity contribution in [2.75, 3.05) is 40.9 Å². The fourth-order valence-electron chi connectivity index (χ4n) is 5.34. The van der Waals surface area contributed by atoms with Gasteiger partial charge < -0.3 is 24.6 Å². The highest BCUT2D eigenvalue weighted by molar-refractivity contribution is 5.91. The molecule has 0 spiro atoms. The van der Waals surface area contributed by atoms with Crippen LogP contribution in [-0.4, -0.2) is 90.8 Å². The molecular formula is C29H38FN5O5. The second kappa shape index (κ2) is 13.0. The Morgan fingerprint density at radius 1 is 1.05 bits per heavy atom. The van der Waals surface area contributed by atoms with Crippen molar-refractivity contribution in [3.05, 3.63) is 59.4 Å². The number of rotatable bonds is 10. The Bertz CT molecular complexity index is 1210. The summed E-state index contributed by atoms with van der Waals surface area (Å²) < 4.78 is 24.1. The SMILES string of the molecule is CCCC[C@H]1C(=O)N(CCc2ccc(OC)c(OC)c2)C[C@H]2N1C(=O)CN(C)N2C(=O)NCc1ccc(F)cc1. The molecule has 2 heterocycles. The number of urea groups is 1. The van der Waals surface area contributed by atoms with Crippen molar-refractivity contribution >= 4 is 17.8 Å². The lowest BCUT2D eigenvalue weighted by Gasteiger charge is -2.54. The predicted octanol–water partition coefficient (Wildman–Crippen LogP) is 3.01. The standard InChI is InChI=1S/C29H38FN5O5/c1-5-6-7-23-28(37)33(15-14-20-10-13-24(39-3)25(16-20)40-4)18-26-34(23)27(36)19-32(2)35(26)29(38)31-17-21-8-11-22(30)12-9-21/h8-13,16,23,26H,5-7,14-15,17-19H2,1-4H3,(H,31,38)/t23-,26-/m0/s1. The van der Waals surface area contributed by atoms with Crippen LogP contribution in [-0.2, 0) is 22.6 Å². The van der Waals surface area contributed by atoms with Gasteiger partial charge in [0.05, 0.1) is 27.3 Å². The summed E-state index contributed by atoms with van der Waals surface area (Å²) in [5.41, 5.74) is 1.72. The molecule has 2 saturated heterocycles. The third-order valence-electron chi connectivity index (χ3n) is 7.45. The molecule has 0 bridgehead atoms. The number of hydrazine groups is 1. The minimum atomic E-state index is -0.649. The highest BCUT2D eigenvalue weighted by atomic mass is 19.1. The number of benzene rings is 2. The zero-order valence-corrected chi connectivity index (χ0v) is 23.6. The first-order valence-electron chi connectivity index (χ1n) is 13.6. The highest BCUT2D eigenvalue weighted by Gasteiger charge is 2.50. The molecule has 11 heteroatoms. The third-order valence-corrected chi connectivity index (χ3v) is 7.45. The van der Waals surface area contributed by atoms with E-state index >= 15 is 0 Å². The van der Waals surface area contributed by atoms with E-state index in [-0.39, 0.29) is 37.3 Å². The zero-order chi connectivity index (χ0) is 28.8. The molecule has 2 fully saturated rings. The van der Waals surface area contributed by atoms with Gasteiger partial charge in [0.2, 0.25) is 11.8 Å². The minimum Gasteiger partial charge on any atom is -0.493 e. The van der Waals surface area contributed by atoms with Crippen LogP contribution in [0.15, 0.2) is 42.5 Å². The average Bonchev–Trinajstić information content (AvgIpc) is 2.95. The summed E-state index contributed by atoms with van der Waals surface area (Å²) in [6, 6.07) is 10.5. The molecule has 1 N–H and O–H groups in total. The number of piperazine rings is 1. The summed E-state index contributed by atoms with van der Waals surface area (Å²) in [6.45, 7) is 2.84. The summed E-state index contributed by atoms with van der Waals surface area (Å²) in [6.07, 6.45) is 2.11. The molecule has 2 aliphatic heterocycles. The van der Waals surface area contributed by atoms with E-state index in [0.717, 1.165) is 24.0 Å². The van der Waals surface area contributed by atoms with Gasteiger partial charge in [0.1, 0.15) is 18.0 Å². The maximum atomic E-state index is 13.7. The molecule has 2 atom stereocenters. The quantitative estimate of drug-likeness (QED) is 0.485. The summed E-state index contributed by atoms with van der Waals surface area (Å²) >= 11 is 0. The van der Waals surface area contributed by atoms with Crippen LogP contribution in [0.1, 0.15) is 37.3 Å². The lowest BCUT2D eigenvalue weighted by Crippen LogP contribution is -2.76. The Hall–Kier alpha value is -3.86. The first-order chi connectivity index (χ1) is 19.3. The van der Waals surface area contributed by atoms with E-state index in [1.165, 1.54) is 17.1 Å². The maximum absolute atomic E-state index is 13.7. The molecular weight excluding hydrogens is 517 g/mol. The number of methoxy groups -OCH3 is 2. The van der Waals surface area contributed by atoms with Gasteiger partial charge in [0, 0.05) is 20.1 Å². The van der Waals surface area contributed by atoms with Crippen LogP contribution < -0.4 is 14.8 Å². The number of fused-ring (bicyclic) bond motifs is 1. The van der Waals surface area contributed by atoms with Crippen LogP contribution in [0.25, 0.3) is 0 Å². The van der Waals surface area contributed by atoms with Gasteiger partial charge in [-0.15, -0.1) is 0 Å². The fraction of sp³-hybridized carbons (Fsp3) is 0.483. The van der Waals surface area contributed by atoms with E-state index < -0.39 is 18.2 Å². The van der Waals surface area contributed by atoms with E-state index in [9.17, 15) is 18.8 Å². The molecule has 4 amide bonds. The van der Waals surface area contributed by atoms with E-state index in [1.807, 2.05) is 25.1 Å². The van der Waals surface area contributed by atoms with Gasteiger partial charge in [-0.05, 0) is 48.2 Å². The Morgan fingerprint density at radius 3 is 2.42 bits per heavy atom. The monoisotopic (exact) mass is 555 g/mol. The largest absolute Gasteiger partial charge is 0.493 e. The number of carbonyl (C=O) groups is 3. The van der Waals surface area contributed by atoms with Gasteiger partial charge in [-0.1, -0.05) is 38.0 Å². The van der Waals surface area contributed by atoms with Crippen molar-refractivity contribution in [3.63, 3.8) is 0 Å². The molecule has 216 valence electrons. The van der Waals surface area contributed by atoms with Crippen molar-refractivity contribution < 1.29 is 28.2 Å². The molecule has 4 rings (SSSR count). The second-order valence-electron chi connectivity index (χ2n) is 10.1. The van der Waals surface area contributed by atoms with Gasteiger partial charge in [-0.3, -0.25) is 9.59 Å². The summed E-state index contributed by atoms with van der Waals surface area (Å²) in [4.78, 5) is 43.8. The fourth-order valence-corrected chi connectivity index (χ4v) is 5.34. The topological polar surface area (TPSA) is 94.7 Å². The predicted molar refractivity (Wildman–Crippen MR) is 147 cm³/mol. The smallest absolute Gasteiger partial charge is 0.334 e. The Kier molecular flexibility index (Phi) is 9.46. The molecule has 40 heavy (non-hydrogen) atoms. The van der Waals surface area contributed by atoms with Crippen molar-refractivity contribution in [3.8, 4) is 11.5 Å². The Morgan fingerprint density at radius 2 is 1.75 bits per heavy atom. The van der Waals surface area contributed by atoms with Crippen molar-refractivity contribution in [2.45, 2.75) is 51.4 Å². The summed E-state index contributed by atoms with van der Waals surface area (Å²) in [5.74, 6) is 0.610. The van der Waals surface area contributed by atoms with Gasteiger partial charge in [-0.25, -0.2) is 19.2 Å². The number of ether oxygens (including phenoxy) is 2. The van der Waals surface area contributed by atoms with E-state index in [0.29, 0.717) is 30.9 Å². The number of amides is 4. The molecule has 2 aromatic rings. The van der Waals surface area contributed by atoms with Gasteiger partial charge >= 0.3 is 6.03 Å². The normalized spacial score (nSPS) is 19.5. The average molecular weight is 556 g/mol. The van der Waals surface area contributed by atoms with Crippen molar-refractivity contribution in [2.24, 2.45) is 0 Å². The lowest BCUT2D eigenvalue weighted by molar-refractivity contribution is -0.187. The van der Waals surface area contributed by atoms with Crippen LogP contribution >= 0.6 is 0 Å². The van der Waals surface area contributed by atoms with Gasteiger partial charge in [0.15, 0.2) is 11.5 Å². The molecule has 2 aliphatic rings. The summed E-state index contributed by atoms with van der Waals surface area (Å²) in [5, 5.41) is 6.01. The zero-order valence-electron chi connectivity index (χ0n) is 23.6. The number of hydrogen-bond acceptors (Lipinski definition) is 6. The van der Waals surface area contributed by atoms with E-state index in [1.54, 1.807) is 48.2 Å². The van der Waals surface area contributed by atoms with Crippen LogP contribution in [0.2, 0.25) is 0 Å². The molecule has 0 aliphatic carbocycles. The number of likely N-dealkylation sites (N-methyl/N-ethyl adjacent to an activating group) is 1. The van der Waals surface area contributed by atoms with Crippen molar-refractivity contribution in [1.82, 2.24) is 25.1 Å². The number of nitrogens with zero attached hydrogens (tertiary/aromatic N) is 4. The number of unbranched alkanes of at least 4 members (excludes halogenated alkanes) is 1. The first-order valence-corrected chi connectivity index (χ1v) is 13.6. The highest BCUT2D eigenvalue weighted by Crippen LogP contribution is 2.30. The molecule has 0 aromatic heterocycles. The van der Waals surface area contributed by atoms with Crippen LogP contribution in [0.3, 0.4) is 0 Å². The molecule has 0 unspecified atom stereocenters. The number of hydrogen-bond donors (Lipinski definition) is 1. The minimum absolute atomic E-state index is 0.0119. The number of carbonyl (C=O) groups excluding carboxylic acids is 3. The molecule has 2 aromatic carbocycles. The van der Waals surface area contributed by atoms with Gasteiger partial charge in [-0.2, -0.15) is 0 Å². The Labute approximate surface area is 234 Å². The van der Waals surface area contributed by atoms with Crippen LogP contribution in [0.5, 0.6) is 11.5 Å².